The highest BCUT2D eigenvalue weighted by molar-refractivity contribution is 5.57. The number of rotatable bonds is 8. The zero-order valence-corrected chi connectivity index (χ0v) is 20.0. The third-order valence-corrected chi connectivity index (χ3v) is 6.50. The summed E-state index contributed by atoms with van der Waals surface area (Å²) in [6.45, 7) is 2.06. The minimum absolute atomic E-state index is 0.0134. The van der Waals surface area contributed by atoms with Crippen molar-refractivity contribution in [1.82, 2.24) is 20.2 Å². The number of hydrogen-bond acceptors (Lipinski definition) is 8. The first-order valence-corrected chi connectivity index (χ1v) is 11.3. The molecule has 1 aliphatic heterocycles. The summed E-state index contributed by atoms with van der Waals surface area (Å²) >= 11 is 0. The number of methoxy groups -OCH3 is 1. The molecular formula is C23H25F5N4O5. The Morgan fingerprint density at radius 2 is 1.81 bits per heavy atom. The van der Waals surface area contributed by atoms with Crippen LogP contribution in [0.4, 0.5) is 22.0 Å². The van der Waals surface area contributed by atoms with Crippen LogP contribution in [0.5, 0.6) is 0 Å². The molecule has 1 saturated heterocycles. The number of benzene rings is 1. The molecule has 1 aliphatic rings. The van der Waals surface area contributed by atoms with Crippen molar-refractivity contribution in [1.29, 1.82) is 0 Å². The fourth-order valence-electron chi connectivity index (χ4n) is 4.21. The van der Waals surface area contributed by atoms with E-state index in [0.29, 0.717) is 0 Å². The molecule has 5 atom stereocenters. The summed E-state index contributed by atoms with van der Waals surface area (Å²) in [5, 5.41) is 32.3. The lowest BCUT2D eigenvalue weighted by molar-refractivity contribution is -0.212. The summed E-state index contributed by atoms with van der Waals surface area (Å²) in [5.41, 5.74) is -1.63. The Bertz CT molecular complexity index is 1210. The Morgan fingerprint density at radius 3 is 2.41 bits per heavy atom. The van der Waals surface area contributed by atoms with Crippen LogP contribution in [0, 0.1) is 17.5 Å². The van der Waals surface area contributed by atoms with Gasteiger partial charge >= 0.3 is 0 Å². The van der Waals surface area contributed by atoms with Crippen molar-refractivity contribution in [2.24, 2.45) is 0 Å². The zero-order valence-electron chi connectivity index (χ0n) is 20.0. The number of aliphatic hydroxyl groups excluding tert-OH is 2. The van der Waals surface area contributed by atoms with Gasteiger partial charge in [-0.2, -0.15) is 0 Å². The van der Waals surface area contributed by atoms with Crippen molar-refractivity contribution in [3.63, 3.8) is 0 Å². The molecule has 14 heteroatoms. The normalized spacial score (nSPS) is 24.7. The van der Waals surface area contributed by atoms with Crippen molar-refractivity contribution >= 4 is 0 Å². The van der Waals surface area contributed by atoms with E-state index in [9.17, 15) is 32.2 Å². The summed E-state index contributed by atoms with van der Waals surface area (Å²) in [6, 6.07) is 1.88. The predicted molar refractivity (Wildman–Crippen MR) is 116 cm³/mol. The van der Waals surface area contributed by atoms with Crippen molar-refractivity contribution < 1.29 is 46.2 Å². The molecule has 1 aromatic carbocycles. The lowest BCUT2D eigenvalue weighted by Crippen LogP contribution is -2.57. The number of hydrogen-bond donors (Lipinski definition) is 2. The maximum absolute atomic E-state index is 13.7. The van der Waals surface area contributed by atoms with Gasteiger partial charge in [-0.25, -0.2) is 26.6 Å². The fourth-order valence-corrected chi connectivity index (χ4v) is 4.21. The van der Waals surface area contributed by atoms with Gasteiger partial charge in [0.25, 0.3) is 0 Å². The average molecular weight is 532 g/mol. The van der Waals surface area contributed by atoms with Gasteiger partial charge < -0.3 is 24.2 Å². The number of aromatic nitrogens is 4. The first kappa shape index (κ1) is 27.1. The standard InChI is InChI=1S/C23H25F5N4O5/c1-23(2,22(27)28)17-7-11(37-30-17)6-15-21(35-3)19(20(34)16(9-33)36-15)32-8-14(29-31-32)10-4-12(24)18(26)13(25)5-10/h4-5,7-8,15-16,19-22,33-34H,6,9H2,1-3H3/t15-,16-,19+,20+,21+/m1/s1. The highest BCUT2D eigenvalue weighted by Gasteiger charge is 2.47. The van der Waals surface area contributed by atoms with Gasteiger partial charge in [-0.1, -0.05) is 10.4 Å². The largest absolute Gasteiger partial charge is 0.394 e. The number of alkyl halides is 2. The van der Waals surface area contributed by atoms with Crippen molar-refractivity contribution in [2.75, 3.05) is 13.7 Å². The van der Waals surface area contributed by atoms with Gasteiger partial charge in [0, 0.05) is 25.2 Å². The van der Waals surface area contributed by atoms with Gasteiger partial charge in [0.15, 0.2) is 17.5 Å². The summed E-state index contributed by atoms with van der Waals surface area (Å²) in [7, 11) is 1.34. The van der Waals surface area contributed by atoms with Gasteiger partial charge in [-0.05, 0) is 26.0 Å². The second kappa shape index (κ2) is 10.4. The van der Waals surface area contributed by atoms with E-state index in [1.807, 2.05) is 0 Å². The van der Waals surface area contributed by atoms with Gasteiger partial charge in [-0.3, -0.25) is 0 Å². The molecule has 0 saturated carbocycles. The molecule has 0 radical (unpaired) electrons. The summed E-state index contributed by atoms with van der Waals surface area (Å²) in [4.78, 5) is 0. The first-order valence-electron chi connectivity index (χ1n) is 11.3. The average Bonchev–Trinajstić information content (AvgIpc) is 3.53. The van der Waals surface area contributed by atoms with Crippen LogP contribution in [-0.4, -0.2) is 74.9 Å². The van der Waals surface area contributed by atoms with Crippen LogP contribution in [0.1, 0.15) is 31.3 Å². The molecule has 0 aliphatic carbocycles. The minimum Gasteiger partial charge on any atom is -0.394 e. The lowest BCUT2D eigenvalue weighted by atomic mass is 9.88. The zero-order chi connectivity index (χ0) is 27.1. The Hall–Kier alpha value is -2.94. The highest BCUT2D eigenvalue weighted by atomic mass is 19.3. The van der Waals surface area contributed by atoms with E-state index >= 15 is 0 Å². The Kier molecular flexibility index (Phi) is 7.65. The van der Waals surface area contributed by atoms with Crippen LogP contribution in [0.25, 0.3) is 11.3 Å². The highest BCUT2D eigenvalue weighted by Crippen LogP contribution is 2.35. The second-order valence-electron chi connectivity index (χ2n) is 9.32. The van der Waals surface area contributed by atoms with Gasteiger partial charge in [-0.15, -0.1) is 5.10 Å². The molecule has 3 heterocycles. The van der Waals surface area contributed by atoms with E-state index in [2.05, 4.69) is 15.5 Å². The molecule has 2 aromatic heterocycles. The molecule has 2 N–H and O–H groups in total. The van der Waals surface area contributed by atoms with Gasteiger partial charge in [0.1, 0.15) is 35.8 Å². The van der Waals surface area contributed by atoms with E-state index in [-0.39, 0.29) is 29.1 Å². The summed E-state index contributed by atoms with van der Waals surface area (Å²) < 4.78 is 85.4. The quantitative estimate of drug-likeness (QED) is 0.336. The molecule has 3 aromatic rings. The number of aliphatic hydroxyl groups is 2. The lowest BCUT2D eigenvalue weighted by Gasteiger charge is -2.43. The number of halogens is 5. The third-order valence-electron chi connectivity index (χ3n) is 6.50. The number of nitrogens with zero attached hydrogens (tertiary/aromatic N) is 4. The topological polar surface area (TPSA) is 116 Å². The molecule has 1 fully saturated rings. The third kappa shape index (κ3) is 5.10. The Morgan fingerprint density at radius 1 is 1.14 bits per heavy atom. The molecule has 202 valence electrons. The van der Waals surface area contributed by atoms with E-state index in [4.69, 9.17) is 14.0 Å². The van der Waals surface area contributed by atoms with E-state index in [0.717, 1.165) is 12.1 Å². The smallest absolute Gasteiger partial charge is 0.249 e. The van der Waals surface area contributed by atoms with E-state index in [1.54, 1.807) is 0 Å². The molecule has 4 rings (SSSR count). The minimum atomic E-state index is -2.69. The van der Waals surface area contributed by atoms with Crippen LogP contribution in [-0.2, 0) is 21.3 Å². The van der Waals surface area contributed by atoms with Crippen molar-refractivity contribution in [3.05, 3.63) is 53.3 Å². The van der Waals surface area contributed by atoms with Crippen LogP contribution in [0.2, 0.25) is 0 Å². The molecule has 0 amide bonds. The second-order valence-corrected chi connectivity index (χ2v) is 9.32. The van der Waals surface area contributed by atoms with Crippen LogP contribution in [0.15, 0.2) is 28.9 Å². The van der Waals surface area contributed by atoms with Crippen LogP contribution < -0.4 is 0 Å². The molecule has 0 unspecified atom stereocenters. The monoisotopic (exact) mass is 532 g/mol. The van der Waals surface area contributed by atoms with Gasteiger partial charge in [0.05, 0.1) is 30.0 Å². The number of ether oxygens (including phenoxy) is 2. The Balaban J connectivity index is 1.64. The fraction of sp³-hybridized carbons (Fsp3) is 0.522. The van der Waals surface area contributed by atoms with Crippen molar-refractivity contribution in [3.8, 4) is 11.3 Å². The van der Waals surface area contributed by atoms with Crippen LogP contribution >= 0.6 is 0 Å². The first-order chi connectivity index (χ1) is 17.5. The maximum Gasteiger partial charge on any atom is 0.249 e. The van der Waals surface area contributed by atoms with E-state index in [1.165, 1.54) is 37.9 Å². The molecular weight excluding hydrogens is 507 g/mol. The van der Waals surface area contributed by atoms with Crippen LogP contribution in [0.3, 0.4) is 0 Å². The van der Waals surface area contributed by atoms with E-state index < -0.39 is 66.4 Å². The predicted octanol–water partition coefficient (Wildman–Crippen LogP) is 2.81. The molecule has 0 spiro atoms. The van der Waals surface area contributed by atoms with Crippen molar-refractivity contribution in [2.45, 2.75) is 62.6 Å². The molecule has 9 nitrogen and oxygen atoms in total. The SMILES string of the molecule is CO[C@@H]1[C@@H](n2cc(-c3cc(F)c(F)c(F)c3)nn2)[C@@H](O)[C@@H](CO)O[C@@H]1Cc1cc(C(C)(C)C(F)F)no1. The maximum atomic E-state index is 13.7. The Labute approximate surface area is 207 Å². The molecule has 37 heavy (non-hydrogen) atoms. The molecule has 0 bridgehead atoms. The summed E-state index contributed by atoms with van der Waals surface area (Å²) in [5.74, 6) is -4.24. The van der Waals surface area contributed by atoms with Gasteiger partial charge in [0.2, 0.25) is 6.43 Å². The summed E-state index contributed by atoms with van der Waals surface area (Å²) in [6.07, 6.45) is -5.67.